The highest BCUT2D eigenvalue weighted by molar-refractivity contribution is 6.32. The number of aromatic nitrogens is 2. The van der Waals surface area contributed by atoms with Crippen LogP contribution in [0.15, 0.2) is 30.5 Å². The van der Waals surface area contributed by atoms with Gasteiger partial charge in [-0.05, 0) is 23.1 Å². The maximum absolute atomic E-state index is 11.7. The van der Waals surface area contributed by atoms with Gasteiger partial charge in [-0.15, -0.1) is 0 Å². The van der Waals surface area contributed by atoms with Crippen LogP contribution in [0.25, 0.3) is 0 Å². The third-order valence-corrected chi connectivity index (χ3v) is 2.65. The van der Waals surface area contributed by atoms with Gasteiger partial charge in [0.1, 0.15) is 12.3 Å². The number of nitro groups is 1. The van der Waals surface area contributed by atoms with E-state index in [-0.39, 0.29) is 23.1 Å². The number of anilines is 1. The summed E-state index contributed by atoms with van der Waals surface area (Å²) < 4.78 is 1.15. The molecule has 2 N–H and O–H groups in total. The van der Waals surface area contributed by atoms with Crippen molar-refractivity contribution in [1.29, 1.82) is 0 Å². The molecule has 0 bridgehead atoms. The molecular formula is C11H9ClN4O4. The van der Waals surface area contributed by atoms with Crippen LogP contribution in [0.2, 0.25) is 5.02 Å². The molecule has 104 valence electrons. The van der Waals surface area contributed by atoms with Crippen LogP contribution in [-0.4, -0.2) is 25.7 Å². The molecule has 2 aromatic rings. The fourth-order valence-corrected chi connectivity index (χ4v) is 1.65. The summed E-state index contributed by atoms with van der Waals surface area (Å²) in [6.45, 7) is -0.174. The fourth-order valence-electron chi connectivity index (χ4n) is 1.47. The number of nitrogens with zero attached hydrogens (tertiary/aromatic N) is 3. The lowest BCUT2D eigenvalue weighted by Gasteiger charge is -2.05. The number of carbonyl (C=O) groups is 1. The van der Waals surface area contributed by atoms with Gasteiger partial charge >= 0.3 is 5.82 Å². The molecule has 0 aliphatic carbocycles. The van der Waals surface area contributed by atoms with E-state index < -0.39 is 10.8 Å². The largest absolute Gasteiger partial charge is 0.506 e. The highest BCUT2D eigenvalue weighted by atomic mass is 35.5. The Balaban J connectivity index is 2.01. The maximum atomic E-state index is 11.7. The summed E-state index contributed by atoms with van der Waals surface area (Å²) in [5.74, 6) is -0.845. The third kappa shape index (κ3) is 3.23. The quantitative estimate of drug-likeness (QED) is 0.507. The number of aromatic hydroxyl groups is 1. The van der Waals surface area contributed by atoms with Crippen molar-refractivity contribution in [3.63, 3.8) is 0 Å². The van der Waals surface area contributed by atoms with E-state index in [1.54, 1.807) is 0 Å². The van der Waals surface area contributed by atoms with Crippen LogP contribution in [0, 0.1) is 10.1 Å². The summed E-state index contributed by atoms with van der Waals surface area (Å²) in [6, 6.07) is 5.41. The van der Waals surface area contributed by atoms with Crippen LogP contribution in [-0.2, 0) is 11.3 Å². The molecule has 0 saturated carbocycles. The second-order valence-electron chi connectivity index (χ2n) is 3.84. The predicted molar refractivity (Wildman–Crippen MR) is 70.6 cm³/mol. The number of phenolic OH excluding ortho intramolecular Hbond substituents is 1. The van der Waals surface area contributed by atoms with Crippen LogP contribution in [0.5, 0.6) is 5.75 Å². The summed E-state index contributed by atoms with van der Waals surface area (Å²) in [5, 5.41) is 26.0. The van der Waals surface area contributed by atoms with Crippen molar-refractivity contribution in [1.82, 2.24) is 9.78 Å². The van der Waals surface area contributed by atoms with Crippen LogP contribution in [0.4, 0.5) is 11.5 Å². The van der Waals surface area contributed by atoms with Gasteiger partial charge in [0, 0.05) is 5.69 Å². The summed E-state index contributed by atoms with van der Waals surface area (Å²) >= 11 is 5.70. The number of rotatable bonds is 4. The molecule has 0 aliphatic rings. The van der Waals surface area contributed by atoms with E-state index in [0.29, 0.717) is 5.69 Å². The first-order chi connectivity index (χ1) is 9.45. The number of benzene rings is 1. The van der Waals surface area contributed by atoms with E-state index in [4.69, 9.17) is 11.6 Å². The van der Waals surface area contributed by atoms with E-state index in [1.807, 2.05) is 0 Å². The Morgan fingerprint density at radius 3 is 2.85 bits per heavy atom. The summed E-state index contributed by atoms with van der Waals surface area (Å²) in [4.78, 5) is 21.5. The van der Waals surface area contributed by atoms with E-state index in [2.05, 4.69) is 10.4 Å². The molecule has 20 heavy (non-hydrogen) atoms. The zero-order valence-corrected chi connectivity index (χ0v) is 10.7. The fraction of sp³-hybridized carbons (Fsp3) is 0.0909. The minimum Gasteiger partial charge on any atom is -0.506 e. The molecule has 8 nitrogen and oxygen atoms in total. The van der Waals surface area contributed by atoms with Crippen molar-refractivity contribution in [3.05, 3.63) is 45.6 Å². The zero-order valence-electron chi connectivity index (χ0n) is 9.99. The van der Waals surface area contributed by atoms with Crippen molar-refractivity contribution in [2.75, 3.05) is 5.32 Å². The van der Waals surface area contributed by atoms with Gasteiger partial charge in [0.2, 0.25) is 5.91 Å². The lowest BCUT2D eigenvalue weighted by molar-refractivity contribution is -0.389. The SMILES string of the molecule is O=C(Cn1ccc([N+](=O)[O-])n1)Nc1ccc(O)c(Cl)c1. The zero-order chi connectivity index (χ0) is 14.7. The van der Waals surface area contributed by atoms with Crippen LogP contribution in [0.3, 0.4) is 0 Å². The highest BCUT2D eigenvalue weighted by Gasteiger charge is 2.13. The van der Waals surface area contributed by atoms with Gasteiger partial charge < -0.3 is 20.5 Å². The number of amides is 1. The normalized spacial score (nSPS) is 10.2. The number of nitrogens with one attached hydrogen (secondary N) is 1. The topological polar surface area (TPSA) is 110 Å². The molecule has 1 aromatic carbocycles. The summed E-state index contributed by atoms with van der Waals surface area (Å²) in [7, 11) is 0. The minimum absolute atomic E-state index is 0.0904. The molecule has 0 fully saturated rings. The molecule has 0 spiro atoms. The van der Waals surface area contributed by atoms with Crippen molar-refractivity contribution in [3.8, 4) is 5.75 Å². The van der Waals surface area contributed by atoms with E-state index in [0.717, 1.165) is 4.68 Å². The van der Waals surface area contributed by atoms with Crippen molar-refractivity contribution in [2.24, 2.45) is 0 Å². The van der Waals surface area contributed by atoms with Crippen LogP contribution in [0.1, 0.15) is 0 Å². The molecule has 0 unspecified atom stereocenters. The molecule has 9 heteroatoms. The Labute approximate surface area is 117 Å². The van der Waals surface area contributed by atoms with Crippen LogP contribution >= 0.6 is 11.6 Å². The molecule has 1 amide bonds. The van der Waals surface area contributed by atoms with Crippen molar-refractivity contribution in [2.45, 2.75) is 6.54 Å². The monoisotopic (exact) mass is 296 g/mol. The highest BCUT2D eigenvalue weighted by Crippen LogP contribution is 2.25. The second kappa shape index (κ2) is 5.57. The van der Waals surface area contributed by atoms with E-state index >= 15 is 0 Å². The summed E-state index contributed by atoms with van der Waals surface area (Å²) in [5.41, 5.74) is 0.402. The predicted octanol–water partition coefficient (Wildman–Crippen LogP) is 1.79. The van der Waals surface area contributed by atoms with Crippen LogP contribution < -0.4 is 5.32 Å². The number of carbonyl (C=O) groups excluding carboxylic acids is 1. The molecular weight excluding hydrogens is 288 g/mol. The molecule has 1 aromatic heterocycles. The molecule has 0 radical (unpaired) electrons. The molecule has 1 heterocycles. The van der Waals surface area contributed by atoms with Gasteiger partial charge in [-0.2, -0.15) is 4.68 Å². The van der Waals surface area contributed by atoms with Crippen molar-refractivity contribution < 1.29 is 14.8 Å². The Bertz CT molecular complexity index is 670. The van der Waals surface area contributed by atoms with Gasteiger partial charge in [-0.25, -0.2) is 0 Å². The van der Waals surface area contributed by atoms with Gasteiger partial charge in [0.05, 0.1) is 22.4 Å². The number of phenols is 1. The Kier molecular flexibility index (Phi) is 3.85. The van der Waals surface area contributed by atoms with Crippen molar-refractivity contribution >= 4 is 29.0 Å². The molecule has 0 aliphatic heterocycles. The Morgan fingerprint density at radius 1 is 1.50 bits per heavy atom. The standard InChI is InChI=1S/C11H9ClN4O4/c12-8-5-7(1-2-9(8)17)13-11(18)6-15-4-3-10(14-15)16(19)20/h1-5,17H,6H2,(H,13,18). The molecule has 0 atom stereocenters. The first kappa shape index (κ1) is 13.8. The van der Waals surface area contributed by atoms with E-state index in [9.17, 15) is 20.0 Å². The maximum Gasteiger partial charge on any atom is 0.389 e. The lowest BCUT2D eigenvalue weighted by atomic mass is 10.3. The Hall–Kier alpha value is -2.61. The molecule has 0 saturated heterocycles. The molecule has 2 rings (SSSR count). The number of halogens is 1. The second-order valence-corrected chi connectivity index (χ2v) is 4.25. The van der Waals surface area contributed by atoms with Gasteiger partial charge in [-0.1, -0.05) is 11.6 Å². The lowest BCUT2D eigenvalue weighted by Crippen LogP contribution is -2.19. The van der Waals surface area contributed by atoms with Gasteiger partial charge in [0.15, 0.2) is 0 Å². The average Bonchev–Trinajstić information content (AvgIpc) is 2.82. The summed E-state index contributed by atoms with van der Waals surface area (Å²) in [6.07, 6.45) is 1.33. The number of hydrogen-bond acceptors (Lipinski definition) is 5. The van der Waals surface area contributed by atoms with Gasteiger partial charge in [-0.3, -0.25) is 4.79 Å². The number of hydrogen-bond donors (Lipinski definition) is 2. The third-order valence-electron chi connectivity index (χ3n) is 2.35. The smallest absolute Gasteiger partial charge is 0.389 e. The van der Waals surface area contributed by atoms with Gasteiger partial charge in [0.25, 0.3) is 0 Å². The van der Waals surface area contributed by atoms with E-state index in [1.165, 1.54) is 30.5 Å². The first-order valence-corrected chi connectivity index (χ1v) is 5.80. The average molecular weight is 297 g/mol. The first-order valence-electron chi connectivity index (χ1n) is 5.42. The minimum atomic E-state index is -0.645. The Morgan fingerprint density at radius 2 is 2.25 bits per heavy atom.